The predicted octanol–water partition coefficient (Wildman–Crippen LogP) is 2.03. The molecular formula is C11H16FNO. The summed E-state index contributed by atoms with van der Waals surface area (Å²) in [6.07, 6.45) is 1.67. The molecule has 0 aliphatic rings. The number of nitrogens with two attached hydrogens (primary N) is 1. The van der Waals surface area contributed by atoms with Crippen LogP contribution in [-0.4, -0.2) is 13.7 Å². The van der Waals surface area contributed by atoms with Crippen LogP contribution in [0.3, 0.4) is 0 Å². The number of rotatable bonds is 4. The number of methoxy groups -OCH3 is 1. The Bertz CT molecular complexity index is 312. The number of hydrogen-bond donors (Lipinski definition) is 1. The number of halogens is 1. The molecule has 3 heteroatoms. The fourth-order valence-electron chi connectivity index (χ4n) is 1.47. The second kappa shape index (κ2) is 4.96. The molecule has 0 atom stereocenters. The summed E-state index contributed by atoms with van der Waals surface area (Å²) in [6.45, 7) is 2.56. The smallest absolute Gasteiger partial charge is 0.127 e. The van der Waals surface area contributed by atoms with Crippen LogP contribution < -0.4 is 10.5 Å². The van der Waals surface area contributed by atoms with E-state index in [4.69, 9.17) is 10.5 Å². The van der Waals surface area contributed by atoms with Crippen molar-refractivity contribution in [3.05, 3.63) is 29.1 Å². The van der Waals surface area contributed by atoms with Gasteiger partial charge in [-0.25, -0.2) is 4.39 Å². The van der Waals surface area contributed by atoms with E-state index in [1.165, 1.54) is 6.07 Å². The van der Waals surface area contributed by atoms with Gasteiger partial charge in [0.05, 0.1) is 7.11 Å². The van der Waals surface area contributed by atoms with Gasteiger partial charge in [-0.15, -0.1) is 0 Å². The van der Waals surface area contributed by atoms with Gasteiger partial charge in [0.25, 0.3) is 0 Å². The van der Waals surface area contributed by atoms with E-state index in [9.17, 15) is 4.39 Å². The van der Waals surface area contributed by atoms with Gasteiger partial charge in [0.1, 0.15) is 11.6 Å². The van der Waals surface area contributed by atoms with Crippen molar-refractivity contribution >= 4 is 0 Å². The first-order chi connectivity index (χ1) is 6.69. The molecule has 2 nitrogen and oxygen atoms in total. The second-order valence-corrected chi connectivity index (χ2v) is 3.28. The Labute approximate surface area is 83.9 Å². The van der Waals surface area contributed by atoms with Crippen LogP contribution in [0.5, 0.6) is 5.75 Å². The Balaban J connectivity index is 2.96. The minimum Gasteiger partial charge on any atom is -0.496 e. The highest BCUT2D eigenvalue weighted by atomic mass is 19.1. The van der Waals surface area contributed by atoms with Gasteiger partial charge in [-0.3, -0.25) is 0 Å². The number of hydrogen-bond acceptors (Lipinski definition) is 2. The molecule has 1 rings (SSSR count). The Morgan fingerprint density at radius 1 is 1.43 bits per heavy atom. The first-order valence-corrected chi connectivity index (χ1v) is 4.72. The molecule has 14 heavy (non-hydrogen) atoms. The first-order valence-electron chi connectivity index (χ1n) is 4.72. The van der Waals surface area contributed by atoms with Crippen LogP contribution in [0.2, 0.25) is 0 Å². The lowest BCUT2D eigenvalue weighted by Crippen LogP contribution is -2.02. The van der Waals surface area contributed by atoms with E-state index in [0.717, 1.165) is 24.0 Å². The number of ether oxygens (including phenoxy) is 1. The summed E-state index contributed by atoms with van der Waals surface area (Å²) in [5.74, 6) is 0.358. The minimum absolute atomic E-state index is 0.250. The van der Waals surface area contributed by atoms with Gasteiger partial charge < -0.3 is 10.5 Å². The van der Waals surface area contributed by atoms with Crippen LogP contribution in [0.15, 0.2) is 12.1 Å². The van der Waals surface area contributed by atoms with Crippen molar-refractivity contribution in [2.75, 3.05) is 13.7 Å². The summed E-state index contributed by atoms with van der Waals surface area (Å²) in [5, 5.41) is 0. The van der Waals surface area contributed by atoms with Gasteiger partial charge in [-0.2, -0.15) is 0 Å². The predicted molar refractivity (Wildman–Crippen MR) is 55.1 cm³/mol. The molecule has 0 aromatic heterocycles. The lowest BCUT2D eigenvalue weighted by atomic mass is 10.0. The molecule has 2 N–H and O–H groups in total. The normalized spacial score (nSPS) is 10.3. The zero-order chi connectivity index (χ0) is 10.6. The van der Waals surface area contributed by atoms with Crippen LogP contribution in [0, 0.1) is 12.7 Å². The molecule has 78 valence electrons. The maximum Gasteiger partial charge on any atom is 0.127 e. The quantitative estimate of drug-likeness (QED) is 0.801. The average molecular weight is 197 g/mol. The van der Waals surface area contributed by atoms with Crippen molar-refractivity contribution in [2.24, 2.45) is 5.73 Å². The van der Waals surface area contributed by atoms with Crippen LogP contribution >= 0.6 is 0 Å². The molecule has 0 heterocycles. The standard InChI is InChI=1S/C11H16FNO/c1-8-9(4-3-5-13)6-10(12)7-11(8)14-2/h6-7H,3-5,13H2,1-2H3. The zero-order valence-corrected chi connectivity index (χ0v) is 8.64. The Hall–Kier alpha value is -1.09. The average Bonchev–Trinajstić information content (AvgIpc) is 2.18. The van der Waals surface area contributed by atoms with E-state index < -0.39 is 0 Å². The monoisotopic (exact) mass is 197 g/mol. The molecular weight excluding hydrogens is 181 g/mol. The highest BCUT2D eigenvalue weighted by Crippen LogP contribution is 2.23. The van der Waals surface area contributed by atoms with E-state index in [1.54, 1.807) is 13.2 Å². The fraction of sp³-hybridized carbons (Fsp3) is 0.455. The SMILES string of the molecule is COc1cc(F)cc(CCCN)c1C. The van der Waals surface area contributed by atoms with E-state index >= 15 is 0 Å². The molecule has 0 amide bonds. The molecule has 0 aliphatic heterocycles. The summed E-state index contributed by atoms with van der Waals surface area (Å²) in [6, 6.07) is 2.95. The van der Waals surface area contributed by atoms with Crippen LogP contribution in [0.25, 0.3) is 0 Å². The van der Waals surface area contributed by atoms with Crippen molar-refractivity contribution in [2.45, 2.75) is 19.8 Å². The third-order valence-electron chi connectivity index (χ3n) is 2.30. The summed E-state index contributed by atoms with van der Waals surface area (Å²) < 4.78 is 18.2. The molecule has 0 spiro atoms. The van der Waals surface area contributed by atoms with Gasteiger partial charge in [-0.1, -0.05) is 0 Å². The maximum absolute atomic E-state index is 13.1. The minimum atomic E-state index is -0.250. The molecule has 0 aliphatic carbocycles. The fourth-order valence-corrected chi connectivity index (χ4v) is 1.47. The molecule has 0 fully saturated rings. The molecule has 0 unspecified atom stereocenters. The van der Waals surface area contributed by atoms with Gasteiger partial charge in [0, 0.05) is 6.07 Å². The molecule has 1 aromatic carbocycles. The van der Waals surface area contributed by atoms with Crippen molar-refractivity contribution in [3.63, 3.8) is 0 Å². The lowest BCUT2D eigenvalue weighted by molar-refractivity contribution is 0.407. The molecule has 0 saturated heterocycles. The van der Waals surface area contributed by atoms with Crippen molar-refractivity contribution in [1.82, 2.24) is 0 Å². The molecule has 0 bridgehead atoms. The number of aryl methyl sites for hydroxylation is 1. The molecule has 1 aromatic rings. The number of benzene rings is 1. The Kier molecular flexibility index (Phi) is 3.89. The largest absolute Gasteiger partial charge is 0.496 e. The Morgan fingerprint density at radius 3 is 2.71 bits per heavy atom. The highest BCUT2D eigenvalue weighted by Gasteiger charge is 2.06. The topological polar surface area (TPSA) is 35.2 Å². The highest BCUT2D eigenvalue weighted by molar-refractivity contribution is 5.39. The van der Waals surface area contributed by atoms with E-state index in [2.05, 4.69) is 0 Å². The third kappa shape index (κ3) is 2.45. The third-order valence-corrected chi connectivity index (χ3v) is 2.30. The van der Waals surface area contributed by atoms with Gasteiger partial charge >= 0.3 is 0 Å². The van der Waals surface area contributed by atoms with Crippen LogP contribution in [0.1, 0.15) is 17.5 Å². The Morgan fingerprint density at radius 2 is 2.14 bits per heavy atom. The summed E-state index contributed by atoms with van der Waals surface area (Å²) in [4.78, 5) is 0. The lowest BCUT2D eigenvalue weighted by Gasteiger charge is -2.10. The van der Waals surface area contributed by atoms with Crippen molar-refractivity contribution < 1.29 is 9.13 Å². The van der Waals surface area contributed by atoms with E-state index in [-0.39, 0.29) is 5.82 Å². The zero-order valence-electron chi connectivity index (χ0n) is 8.64. The summed E-state index contributed by atoms with van der Waals surface area (Å²) in [5.41, 5.74) is 7.39. The molecule has 0 saturated carbocycles. The molecule has 0 radical (unpaired) electrons. The first kappa shape index (κ1) is 11.0. The van der Waals surface area contributed by atoms with E-state index in [0.29, 0.717) is 12.3 Å². The maximum atomic E-state index is 13.1. The van der Waals surface area contributed by atoms with Crippen molar-refractivity contribution in [3.8, 4) is 5.75 Å². The van der Waals surface area contributed by atoms with Gasteiger partial charge in [0.15, 0.2) is 0 Å². The summed E-state index contributed by atoms with van der Waals surface area (Å²) in [7, 11) is 1.55. The van der Waals surface area contributed by atoms with Crippen LogP contribution in [-0.2, 0) is 6.42 Å². The van der Waals surface area contributed by atoms with Crippen molar-refractivity contribution in [1.29, 1.82) is 0 Å². The van der Waals surface area contributed by atoms with Gasteiger partial charge in [0.2, 0.25) is 0 Å². The van der Waals surface area contributed by atoms with Gasteiger partial charge in [-0.05, 0) is 43.5 Å². The summed E-state index contributed by atoms with van der Waals surface area (Å²) >= 11 is 0. The van der Waals surface area contributed by atoms with Crippen LogP contribution in [0.4, 0.5) is 4.39 Å². The van der Waals surface area contributed by atoms with E-state index in [1.807, 2.05) is 6.92 Å². The second-order valence-electron chi connectivity index (χ2n) is 3.28.